The highest BCUT2D eigenvalue weighted by atomic mass is 16.5. The molecule has 2 atom stereocenters. The Morgan fingerprint density at radius 1 is 1.16 bits per heavy atom. The minimum Gasteiger partial charge on any atom is -0.478 e. The number of hydrogen-bond acceptors (Lipinski definition) is 8. The van der Waals surface area contributed by atoms with Crippen LogP contribution in [0.5, 0.6) is 0 Å². The molecule has 1 aromatic heterocycles. The zero-order valence-corrected chi connectivity index (χ0v) is 20.9. The maximum absolute atomic E-state index is 13.5. The highest BCUT2D eigenvalue weighted by Crippen LogP contribution is 2.41. The lowest BCUT2D eigenvalue weighted by atomic mass is 10.0. The largest absolute Gasteiger partial charge is 0.478 e. The smallest absolute Gasteiger partial charge is 0.338 e. The summed E-state index contributed by atoms with van der Waals surface area (Å²) in [6, 6.07) is 17.7. The molecule has 4 rings (SSSR count). The van der Waals surface area contributed by atoms with Crippen LogP contribution in [0, 0.1) is 11.3 Å². The third-order valence-electron chi connectivity index (χ3n) is 6.27. The number of aromatic nitrogens is 1. The van der Waals surface area contributed by atoms with E-state index in [0.29, 0.717) is 35.6 Å². The maximum atomic E-state index is 13.5. The van der Waals surface area contributed by atoms with E-state index in [4.69, 9.17) is 10.00 Å². The van der Waals surface area contributed by atoms with Crippen LogP contribution in [0.25, 0.3) is 0 Å². The van der Waals surface area contributed by atoms with Gasteiger partial charge in [0.15, 0.2) is 5.82 Å². The highest BCUT2D eigenvalue weighted by Gasteiger charge is 2.46. The van der Waals surface area contributed by atoms with Gasteiger partial charge in [0.1, 0.15) is 6.17 Å². The molecule has 10 heteroatoms. The van der Waals surface area contributed by atoms with Gasteiger partial charge >= 0.3 is 11.9 Å². The lowest BCUT2D eigenvalue weighted by Crippen LogP contribution is -2.56. The number of carboxylic acid groups (broad SMARTS) is 1. The molecule has 10 nitrogen and oxygen atoms in total. The molecule has 38 heavy (non-hydrogen) atoms. The number of ether oxygens (including phenoxy) is 1. The second-order valence-corrected chi connectivity index (χ2v) is 8.66. The number of hydrogen-bond donors (Lipinski definition) is 1. The Bertz CT molecular complexity index is 1370. The van der Waals surface area contributed by atoms with Gasteiger partial charge in [0.2, 0.25) is 6.04 Å². The lowest BCUT2D eigenvalue weighted by Gasteiger charge is -2.34. The van der Waals surface area contributed by atoms with Gasteiger partial charge < -0.3 is 19.6 Å². The Morgan fingerprint density at radius 3 is 2.50 bits per heavy atom. The minimum atomic E-state index is -1.46. The Morgan fingerprint density at radius 2 is 1.87 bits per heavy atom. The van der Waals surface area contributed by atoms with Gasteiger partial charge in [0.25, 0.3) is 5.91 Å². The number of nitrogens with zero attached hydrogens (tertiary/aromatic N) is 5. The third-order valence-corrected chi connectivity index (χ3v) is 6.27. The molecule has 2 heterocycles. The molecule has 1 amide bonds. The van der Waals surface area contributed by atoms with Crippen LogP contribution in [-0.2, 0) is 20.7 Å². The van der Waals surface area contributed by atoms with Gasteiger partial charge in [0.05, 0.1) is 35.2 Å². The molecule has 3 aromatic rings. The van der Waals surface area contributed by atoms with Crippen LogP contribution in [0.15, 0.2) is 66.9 Å². The van der Waals surface area contributed by atoms with E-state index in [2.05, 4.69) is 16.4 Å². The summed E-state index contributed by atoms with van der Waals surface area (Å²) in [5.41, 5.74) is 2.13. The van der Waals surface area contributed by atoms with E-state index in [9.17, 15) is 19.5 Å². The number of pyridine rings is 1. The number of rotatable bonds is 9. The average molecular weight is 513 g/mol. The molecule has 0 spiro atoms. The molecule has 0 aliphatic carbocycles. The number of carbonyl (C=O) groups excluding carboxylic acids is 2. The van der Waals surface area contributed by atoms with Crippen molar-refractivity contribution in [2.75, 3.05) is 23.5 Å². The average Bonchev–Trinajstić information content (AvgIpc) is 3.19. The van der Waals surface area contributed by atoms with Crippen LogP contribution >= 0.6 is 0 Å². The van der Waals surface area contributed by atoms with E-state index < -0.39 is 30.1 Å². The summed E-state index contributed by atoms with van der Waals surface area (Å²) in [6.07, 6.45) is 1.71. The standard InChI is InChI=1S/C28H26N5O5/c1-3-38-28(37)24(26(34)31-21-7-5-4-6-8-21)33-22-15-20(27(35)36)17-30-25(22)32(2)23(33)14-13-18-9-11-19(16-29)12-10-18/h4-12,15,17,23-24H,3,13-14H2,1-2H3,(H,35,36). The molecule has 2 unspecified atom stereocenters. The first kappa shape index (κ1) is 26.2. The Hall–Kier alpha value is -4.91. The number of amides is 1. The number of benzene rings is 2. The summed E-state index contributed by atoms with van der Waals surface area (Å²) in [5, 5.41) is 22.8. The van der Waals surface area contributed by atoms with Gasteiger partial charge in [-0.1, -0.05) is 30.3 Å². The summed E-state index contributed by atoms with van der Waals surface area (Å²) < 4.78 is 5.29. The first-order chi connectivity index (χ1) is 18.3. The van der Waals surface area contributed by atoms with Gasteiger partial charge in [0, 0.05) is 13.2 Å². The quantitative estimate of drug-likeness (QED) is 0.338. The number of carboxylic acids is 1. The number of fused-ring (bicyclic) bond motifs is 1. The van der Waals surface area contributed by atoms with Crippen LogP contribution in [0.4, 0.5) is 17.2 Å². The van der Waals surface area contributed by atoms with E-state index in [1.165, 1.54) is 12.3 Å². The van der Waals surface area contributed by atoms with Crippen LogP contribution < -0.4 is 15.1 Å². The second-order valence-electron chi connectivity index (χ2n) is 8.66. The molecule has 0 saturated heterocycles. The number of anilines is 2. The molecular formula is C28H26N5O5. The molecule has 1 aliphatic rings. The van der Waals surface area contributed by atoms with Crippen LogP contribution in [0.1, 0.15) is 34.8 Å². The predicted molar refractivity (Wildman–Crippen MR) is 139 cm³/mol. The first-order valence-corrected chi connectivity index (χ1v) is 12.0. The first-order valence-electron chi connectivity index (χ1n) is 12.0. The molecule has 1 aliphatic heterocycles. The van der Waals surface area contributed by atoms with Crippen LogP contribution in [0.3, 0.4) is 0 Å². The second kappa shape index (κ2) is 11.4. The van der Waals surface area contributed by atoms with Gasteiger partial charge in [-0.2, -0.15) is 5.26 Å². The fourth-order valence-corrected chi connectivity index (χ4v) is 4.44. The van der Waals surface area contributed by atoms with Crippen LogP contribution in [-0.4, -0.2) is 53.8 Å². The van der Waals surface area contributed by atoms with E-state index in [1.807, 2.05) is 17.0 Å². The van der Waals surface area contributed by atoms with Crippen molar-refractivity contribution in [1.82, 2.24) is 10.3 Å². The van der Waals surface area contributed by atoms with Crippen molar-refractivity contribution in [1.29, 1.82) is 5.26 Å². The molecular weight excluding hydrogens is 486 g/mol. The number of aryl methyl sites for hydroxylation is 1. The summed E-state index contributed by atoms with van der Waals surface area (Å²) in [4.78, 5) is 46.3. The van der Waals surface area contributed by atoms with Crippen LogP contribution in [0.2, 0.25) is 0 Å². The van der Waals surface area contributed by atoms with Crippen molar-refractivity contribution in [3.8, 4) is 6.07 Å². The van der Waals surface area contributed by atoms with E-state index in [1.54, 1.807) is 61.3 Å². The zero-order chi connectivity index (χ0) is 27.2. The van der Waals surface area contributed by atoms with Crippen molar-refractivity contribution in [2.45, 2.75) is 32.0 Å². The molecule has 193 valence electrons. The summed E-state index contributed by atoms with van der Waals surface area (Å²) in [6.45, 7) is 1.69. The van der Waals surface area contributed by atoms with Crippen molar-refractivity contribution in [2.24, 2.45) is 0 Å². The van der Waals surface area contributed by atoms with Gasteiger partial charge in [-0.3, -0.25) is 4.79 Å². The Labute approximate surface area is 220 Å². The van der Waals surface area contributed by atoms with E-state index in [0.717, 1.165) is 5.56 Å². The number of nitriles is 1. The SMILES string of the molecule is CCOC(=O)C(C(=O)[N]c1ccccc1)N1c2cc(C(=O)O)cnc2N(C)C1CCc1ccc(C#N)cc1. The Kier molecular flexibility index (Phi) is 7.87. The molecule has 1 N–H and O–H groups in total. The molecule has 1 radical (unpaired) electrons. The lowest BCUT2D eigenvalue weighted by molar-refractivity contribution is -0.148. The highest BCUT2D eigenvalue weighted by molar-refractivity contribution is 6.08. The van der Waals surface area contributed by atoms with Gasteiger partial charge in [-0.25, -0.2) is 19.9 Å². The maximum Gasteiger partial charge on any atom is 0.338 e. The van der Waals surface area contributed by atoms with Gasteiger partial charge in [-0.05, 0) is 55.7 Å². The van der Waals surface area contributed by atoms with Crippen molar-refractivity contribution < 1.29 is 24.2 Å². The fraction of sp³-hybridized carbons (Fsp3) is 0.250. The molecule has 0 saturated carbocycles. The summed E-state index contributed by atoms with van der Waals surface area (Å²) in [5.74, 6) is -2.28. The minimum absolute atomic E-state index is 0.0494. The van der Waals surface area contributed by atoms with Crippen molar-refractivity contribution in [3.05, 3.63) is 83.6 Å². The van der Waals surface area contributed by atoms with E-state index in [-0.39, 0.29) is 12.2 Å². The Balaban J connectivity index is 1.74. The van der Waals surface area contributed by atoms with Gasteiger partial charge in [-0.15, -0.1) is 0 Å². The molecule has 0 fully saturated rings. The monoisotopic (exact) mass is 512 g/mol. The molecule has 0 bridgehead atoms. The van der Waals surface area contributed by atoms with E-state index >= 15 is 0 Å². The number of para-hydroxylation sites is 1. The topological polar surface area (TPSA) is 138 Å². The predicted octanol–water partition coefficient (Wildman–Crippen LogP) is 3.26. The fourth-order valence-electron chi connectivity index (χ4n) is 4.44. The van der Waals surface area contributed by atoms with Crippen molar-refractivity contribution >= 4 is 35.0 Å². The summed E-state index contributed by atoms with van der Waals surface area (Å²) in [7, 11) is 1.77. The number of carbonyl (C=O) groups is 3. The number of esters is 1. The van der Waals surface area contributed by atoms with Crippen molar-refractivity contribution in [3.63, 3.8) is 0 Å². The zero-order valence-electron chi connectivity index (χ0n) is 20.9. The summed E-state index contributed by atoms with van der Waals surface area (Å²) >= 11 is 0. The third kappa shape index (κ3) is 5.42. The molecule has 2 aromatic carbocycles. The number of aromatic carboxylic acids is 1. The normalized spacial score (nSPS) is 14.8.